The lowest BCUT2D eigenvalue weighted by Gasteiger charge is -2.30. The fourth-order valence-electron chi connectivity index (χ4n) is 2.13. The largest absolute Gasteiger partial charge is 0.393 e. The fourth-order valence-corrected chi connectivity index (χ4v) is 2.13. The van der Waals surface area contributed by atoms with Gasteiger partial charge in [0.05, 0.1) is 12.2 Å². The van der Waals surface area contributed by atoms with Gasteiger partial charge in [0.25, 0.3) is 0 Å². The molecule has 0 aliphatic heterocycles. The predicted molar refractivity (Wildman–Crippen MR) is 74.2 cm³/mol. The van der Waals surface area contributed by atoms with Crippen LogP contribution in [0.15, 0.2) is 12.4 Å². The van der Waals surface area contributed by atoms with Crippen molar-refractivity contribution in [2.24, 2.45) is 0 Å². The van der Waals surface area contributed by atoms with Crippen LogP contribution in [-0.2, 0) is 4.74 Å². The van der Waals surface area contributed by atoms with Crippen LogP contribution >= 0.6 is 0 Å². The van der Waals surface area contributed by atoms with Gasteiger partial charge in [-0.05, 0) is 33.1 Å². The molecule has 106 valence electrons. The number of hydrogen-bond donors (Lipinski definition) is 2. The maximum atomic E-state index is 9.32. The molecule has 1 saturated carbocycles. The van der Waals surface area contributed by atoms with Crippen LogP contribution in [0, 0.1) is 0 Å². The third-order valence-corrected chi connectivity index (χ3v) is 3.30. The Bertz CT molecular complexity index is 392. The van der Waals surface area contributed by atoms with Crippen LogP contribution < -0.4 is 5.32 Å². The average molecular weight is 265 g/mol. The highest BCUT2D eigenvalue weighted by Crippen LogP contribution is 2.35. The number of rotatable bonds is 7. The van der Waals surface area contributed by atoms with Crippen molar-refractivity contribution in [1.82, 2.24) is 9.97 Å². The Labute approximate surface area is 114 Å². The van der Waals surface area contributed by atoms with Gasteiger partial charge in [-0.15, -0.1) is 0 Å². The van der Waals surface area contributed by atoms with Gasteiger partial charge < -0.3 is 15.2 Å². The first-order chi connectivity index (χ1) is 9.15. The van der Waals surface area contributed by atoms with Gasteiger partial charge in [0.2, 0.25) is 0 Å². The number of ether oxygens (including phenoxy) is 1. The van der Waals surface area contributed by atoms with Crippen LogP contribution in [0.4, 0.5) is 5.82 Å². The van der Waals surface area contributed by atoms with E-state index in [9.17, 15) is 5.11 Å². The molecule has 1 aromatic heterocycles. The minimum Gasteiger partial charge on any atom is -0.393 e. The Morgan fingerprint density at radius 2 is 2.21 bits per heavy atom. The highest BCUT2D eigenvalue weighted by molar-refractivity contribution is 5.36. The summed E-state index contributed by atoms with van der Waals surface area (Å²) in [5, 5.41) is 12.6. The van der Waals surface area contributed by atoms with E-state index in [0.29, 0.717) is 5.92 Å². The molecule has 1 aromatic rings. The van der Waals surface area contributed by atoms with Crippen LogP contribution in [0.5, 0.6) is 0 Å². The van der Waals surface area contributed by atoms with E-state index in [0.717, 1.165) is 43.9 Å². The Balaban J connectivity index is 1.73. The number of nitrogens with zero attached hydrogens (tertiary/aromatic N) is 2. The second-order valence-electron chi connectivity index (χ2n) is 5.35. The highest BCUT2D eigenvalue weighted by atomic mass is 16.5. The third kappa shape index (κ3) is 4.44. The Kier molecular flexibility index (Phi) is 5.10. The molecule has 2 N–H and O–H groups in total. The summed E-state index contributed by atoms with van der Waals surface area (Å²) < 4.78 is 5.48. The molecule has 19 heavy (non-hydrogen) atoms. The molecule has 1 fully saturated rings. The molecule has 1 heterocycles. The van der Waals surface area contributed by atoms with Crippen molar-refractivity contribution < 1.29 is 9.84 Å². The lowest BCUT2D eigenvalue weighted by Crippen LogP contribution is -2.27. The molecule has 0 radical (unpaired) electrons. The second kappa shape index (κ2) is 6.82. The molecule has 0 bridgehead atoms. The minimum atomic E-state index is -0.149. The van der Waals surface area contributed by atoms with Crippen molar-refractivity contribution in [3.8, 4) is 0 Å². The number of hydrogen-bond acceptors (Lipinski definition) is 5. The van der Waals surface area contributed by atoms with Crippen LogP contribution in [0.3, 0.4) is 0 Å². The summed E-state index contributed by atoms with van der Waals surface area (Å²) in [4.78, 5) is 8.48. The molecule has 2 rings (SSSR count). The maximum Gasteiger partial charge on any atom is 0.129 e. The van der Waals surface area contributed by atoms with Gasteiger partial charge in [-0.2, -0.15) is 0 Å². The normalized spacial score (nSPS) is 22.3. The molecule has 0 saturated heterocycles. The van der Waals surface area contributed by atoms with E-state index < -0.39 is 0 Å². The lowest BCUT2D eigenvalue weighted by atomic mass is 9.80. The van der Waals surface area contributed by atoms with Gasteiger partial charge in [-0.3, -0.25) is 0 Å². The topological polar surface area (TPSA) is 67.3 Å². The quantitative estimate of drug-likeness (QED) is 0.737. The van der Waals surface area contributed by atoms with Crippen LogP contribution in [0.1, 0.15) is 44.7 Å². The third-order valence-electron chi connectivity index (χ3n) is 3.30. The summed E-state index contributed by atoms with van der Waals surface area (Å²) in [7, 11) is 0. The zero-order valence-electron chi connectivity index (χ0n) is 11.7. The molecule has 1 aliphatic carbocycles. The number of anilines is 1. The average Bonchev–Trinajstić information content (AvgIpc) is 2.34. The van der Waals surface area contributed by atoms with Crippen LogP contribution in [0.2, 0.25) is 0 Å². The summed E-state index contributed by atoms with van der Waals surface area (Å²) in [6.07, 6.45) is 4.32. The summed E-state index contributed by atoms with van der Waals surface area (Å²) in [6.45, 7) is 5.68. The Hall–Kier alpha value is -1.20. The van der Waals surface area contributed by atoms with Gasteiger partial charge in [0.1, 0.15) is 12.1 Å². The molecule has 0 unspecified atom stereocenters. The highest BCUT2D eigenvalue weighted by Gasteiger charge is 2.29. The van der Waals surface area contributed by atoms with E-state index in [2.05, 4.69) is 15.3 Å². The zero-order valence-corrected chi connectivity index (χ0v) is 11.7. The van der Waals surface area contributed by atoms with Crippen molar-refractivity contribution in [2.75, 3.05) is 18.5 Å². The lowest BCUT2D eigenvalue weighted by molar-refractivity contribution is 0.0731. The van der Waals surface area contributed by atoms with E-state index >= 15 is 0 Å². The van der Waals surface area contributed by atoms with E-state index in [1.807, 2.05) is 19.9 Å². The first kappa shape index (κ1) is 14.2. The number of nitrogens with one attached hydrogen (secondary N) is 1. The molecule has 0 amide bonds. The number of aliphatic hydroxyl groups excluding tert-OH is 1. The van der Waals surface area contributed by atoms with Crippen molar-refractivity contribution in [3.05, 3.63) is 18.1 Å². The zero-order chi connectivity index (χ0) is 13.7. The molecule has 0 atom stereocenters. The van der Waals surface area contributed by atoms with E-state index in [4.69, 9.17) is 4.74 Å². The van der Waals surface area contributed by atoms with E-state index in [1.54, 1.807) is 6.33 Å². The van der Waals surface area contributed by atoms with E-state index in [-0.39, 0.29) is 12.2 Å². The molecule has 0 aromatic carbocycles. The maximum absolute atomic E-state index is 9.32. The predicted octanol–water partition coefficient (Wildman–Crippen LogP) is 1.94. The van der Waals surface area contributed by atoms with Gasteiger partial charge in [0.15, 0.2) is 0 Å². The molecular formula is C14H23N3O2. The Morgan fingerprint density at radius 3 is 2.89 bits per heavy atom. The minimum absolute atomic E-state index is 0.149. The van der Waals surface area contributed by atoms with Crippen LogP contribution in [0.25, 0.3) is 0 Å². The summed E-state index contributed by atoms with van der Waals surface area (Å²) >= 11 is 0. The number of aromatic nitrogens is 2. The smallest absolute Gasteiger partial charge is 0.129 e. The summed E-state index contributed by atoms with van der Waals surface area (Å²) in [5.74, 6) is 1.25. The molecule has 0 spiro atoms. The van der Waals surface area contributed by atoms with Gasteiger partial charge in [-0.25, -0.2) is 9.97 Å². The number of aliphatic hydroxyl groups is 1. The van der Waals surface area contributed by atoms with Crippen molar-refractivity contribution >= 4 is 5.82 Å². The van der Waals surface area contributed by atoms with Crippen molar-refractivity contribution in [1.29, 1.82) is 0 Å². The fraction of sp³-hybridized carbons (Fsp3) is 0.714. The first-order valence-electron chi connectivity index (χ1n) is 7.00. The Morgan fingerprint density at radius 1 is 1.42 bits per heavy atom. The molecular weight excluding hydrogens is 242 g/mol. The standard InChI is InChI=1S/C14H23N3O2/c1-10(2)19-5-3-4-15-14-8-13(16-9-17-14)11-6-12(18)7-11/h8-12,18H,3-7H2,1-2H3,(H,15,16,17). The van der Waals surface area contributed by atoms with E-state index in [1.165, 1.54) is 0 Å². The molecule has 1 aliphatic rings. The van der Waals surface area contributed by atoms with Gasteiger partial charge in [0, 0.05) is 30.8 Å². The van der Waals surface area contributed by atoms with Crippen molar-refractivity contribution in [2.45, 2.75) is 51.2 Å². The molecule has 5 nitrogen and oxygen atoms in total. The second-order valence-corrected chi connectivity index (χ2v) is 5.35. The van der Waals surface area contributed by atoms with Crippen molar-refractivity contribution in [3.63, 3.8) is 0 Å². The molecule has 5 heteroatoms. The van der Waals surface area contributed by atoms with Crippen LogP contribution in [-0.4, -0.2) is 40.4 Å². The summed E-state index contributed by atoms with van der Waals surface area (Å²) in [6, 6.07) is 1.99. The SMILES string of the molecule is CC(C)OCCCNc1cc(C2CC(O)C2)ncn1. The van der Waals surface area contributed by atoms with Gasteiger partial charge >= 0.3 is 0 Å². The summed E-state index contributed by atoms with van der Waals surface area (Å²) in [5.41, 5.74) is 1.03. The van der Waals surface area contributed by atoms with Gasteiger partial charge in [-0.1, -0.05) is 0 Å². The first-order valence-corrected chi connectivity index (χ1v) is 7.00. The monoisotopic (exact) mass is 265 g/mol.